The van der Waals surface area contributed by atoms with Crippen LogP contribution in [0.4, 0.5) is 5.95 Å². The largest absolute Gasteiger partial charge is 0.497 e. The molecule has 0 bridgehead atoms. The zero-order valence-electron chi connectivity index (χ0n) is 19.7. The van der Waals surface area contributed by atoms with E-state index in [1.165, 1.54) is 6.26 Å². The highest BCUT2D eigenvalue weighted by molar-refractivity contribution is 7.92. The lowest BCUT2D eigenvalue weighted by Crippen LogP contribution is -2.14. The molecule has 35 heavy (non-hydrogen) atoms. The van der Waals surface area contributed by atoms with Crippen LogP contribution >= 0.6 is 0 Å². The molecule has 0 spiro atoms. The number of rotatable bonds is 10. The van der Waals surface area contributed by atoms with Crippen LogP contribution in [-0.4, -0.2) is 58.2 Å². The summed E-state index contributed by atoms with van der Waals surface area (Å²) in [5.74, 6) is 2.59. The zero-order chi connectivity index (χ0) is 24.6. The number of sulfone groups is 1. The van der Waals surface area contributed by atoms with Crippen molar-refractivity contribution in [3.8, 4) is 23.1 Å². The third kappa shape index (κ3) is 4.65. The zero-order valence-corrected chi connectivity index (χ0v) is 20.5. The summed E-state index contributed by atoms with van der Waals surface area (Å²) in [6.45, 7) is 2.24. The van der Waals surface area contributed by atoms with Crippen molar-refractivity contribution in [1.29, 1.82) is 0 Å². The molecule has 1 N–H and O–H groups in total. The molecule has 1 aliphatic rings. The van der Waals surface area contributed by atoms with Crippen LogP contribution in [-0.2, 0) is 22.8 Å². The fourth-order valence-electron chi connectivity index (χ4n) is 3.86. The average Bonchev–Trinajstić information content (AvgIpc) is 3.43. The Bertz CT molecular complexity index is 1460. The van der Waals surface area contributed by atoms with Gasteiger partial charge in [-0.05, 0) is 31.9 Å². The van der Waals surface area contributed by atoms with E-state index >= 15 is 0 Å². The maximum Gasteiger partial charge on any atom is 0.245 e. The van der Waals surface area contributed by atoms with Gasteiger partial charge in [-0.2, -0.15) is 4.52 Å². The number of aryl methyl sites for hydroxylation is 2. The van der Waals surface area contributed by atoms with Crippen LogP contribution in [0.5, 0.6) is 11.5 Å². The monoisotopic (exact) mass is 498 g/mol. The average molecular weight is 499 g/mol. The van der Waals surface area contributed by atoms with Gasteiger partial charge in [0.25, 0.3) is 0 Å². The number of ether oxygens (including phenoxy) is 2. The van der Waals surface area contributed by atoms with Crippen molar-refractivity contribution in [1.82, 2.24) is 24.6 Å². The number of aromatic nitrogens is 5. The van der Waals surface area contributed by atoms with Gasteiger partial charge in [0.15, 0.2) is 21.3 Å². The highest BCUT2D eigenvalue weighted by Crippen LogP contribution is 2.30. The van der Waals surface area contributed by atoms with Crippen LogP contribution in [0.1, 0.15) is 29.8 Å². The van der Waals surface area contributed by atoms with Crippen molar-refractivity contribution in [3.63, 3.8) is 0 Å². The molecule has 0 unspecified atom stereocenters. The summed E-state index contributed by atoms with van der Waals surface area (Å²) in [6.07, 6.45) is 4.75. The minimum atomic E-state index is -3.12. The number of benzene rings is 1. The lowest BCUT2D eigenvalue weighted by molar-refractivity contribution is 0.391. The Morgan fingerprint density at radius 3 is 2.71 bits per heavy atom. The molecule has 0 saturated heterocycles. The Kier molecular flexibility index (Phi) is 6.05. The molecule has 11 nitrogen and oxygen atoms in total. The second-order valence-corrected chi connectivity index (χ2v) is 10.8. The molecule has 12 heteroatoms. The Labute approximate surface area is 202 Å². The molecular formula is C23H26N6O5S. The van der Waals surface area contributed by atoms with Crippen LogP contribution in [0.3, 0.4) is 0 Å². The third-order valence-electron chi connectivity index (χ3n) is 5.97. The summed E-state index contributed by atoms with van der Waals surface area (Å²) < 4.78 is 42.6. The van der Waals surface area contributed by atoms with Crippen molar-refractivity contribution < 1.29 is 22.3 Å². The van der Waals surface area contributed by atoms with Crippen LogP contribution in [0.2, 0.25) is 0 Å². The topological polar surface area (TPSA) is 134 Å². The van der Waals surface area contributed by atoms with Crippen LogP contribution < -0.4 is 14.8 Å². The van der Waals surface area contributed by atoms with Gasteiger partial charge in [-0.15, -0.1) is 5.10 Å². The number of hydrogen-bond acceptors (Lipinski definition) is 10. The molecule has 184 valence electrons. The van der Waals surface area contributed by atoms with E-state index in [1.54, 1.807) is 31.0 Å². The van der Waals surface area contributed by atoms with Crippen molar-refractivity contribution in [2.75, 3.05) is 25.3 Å². The van der Waals surface area contributed by atoms with Crippen LogP contribution in [0, 0.1) is 6.92 Å². The molecular weight excluding hydrogens is 472 g/mol. The molecule has 0 aliphatic heterocycles. The van der Waals surface area contributed by atoms with E-state index in [0.717, 1.165) is 24.0 Å². The first kappa shape index (κ1) is 23.1. The predicted octanol–water partition coefficient (Wildman–Crippen LogP) is 2.84. The summed E-state index contributed by atoms with van der Waals surface area (Å²) in [4.78, 5) is 13.6. The van der Waals surface area contributed by atoms with Gasteiger partial charge in [0.2, 0.25) is 11.8 Å². The van der Waals surface area contributed by atoms with E-state index in [4.69, 9.17) is 18.9 Å². The Hall–Kier alpha value is -3.67. The molecule has 1 aliphatic carbocycles. The van der Waals surface area contributed by atoms with Crippen LogP contribution in [0.25, 0.3) is 17.2 Å². The number of oxazole rings is 1. The number of nitrogens with one attached hydrogen (secondary N) is 1. The molecule has 0 atom stereocenters. The van der Waals surface area contributed by atoms with E-state index in [-0.39, 0.29) is 17.4 Å². The number of fused-ring (bicyclic) bond motifs is 1. The normalized spacial score (nSPS) is 13.8. The van der Waals surface area contributed by atoms with Gasteiger partial charge in [-0.3, -0.25) is 0 Å². The van der Waals surface area contributed by atoms with E-state index in [1.807, 2.05) is 19.1 Å². The fourth-order valence-corrected chi connectivity index (χ4v) is 5.51. The molecule has 1 saturated carbocycles. The smallest absolute Gasteiger partial charge is 0.245 e. The first-order valence-electron chi connectivity index (χ1n) is 11.2. The maximum atomic E-state index is 12.4. The van der Waals surface area contributed by atoms with Gasteiger partial charge >= 0.3 is 0 Å². The molecule has 1 fully saturated rings. The van der Waals surface area contributed by atoms with Gasteiger partial charge in [-0.25, -0.2) is 23.4 Å². The Morgan fingerprint density at radius 1 is 1.20 bits per heavy atom. The second kappa shape index (κ2) is 9.17. The highest BCUT2D eigenvalue weighted by Gasteiger charge is 2.35. The fraction of sp³-hybridized carbons (Fsp3) is 0.391. The lowest BCUT2D eigenvalue weighted by atomic mass is 10.2. The molecule has 3 heterocycles. The van der Waals surface area contributed by atoms with E-state index in [9.17, 15) is 8.42 Å². The van der Waals surface area contributed by atoms with E-state index < -0.39 is 9.84 Å². The van der Waals surface area contributed by atoms with Crippen molar-refractivity contribution in [2.45, 2.75) is 38.0 Å². The molecule has 4 aromatic rings. The molecule has 1 aromatic carbocycles. The molecule has 5 rings (SSSR count). The first-order valence-corrected chi connectivity index (χ1v) is 12.9. The number of hydrogen-bond donors (Lipinski definition) is 1. The molecule has 3 aromatic heterocycles. The minimum absolute atomic E-state index is 0.0272. The van der Waals surface area contributed by atoms with Crippen LogP contribution in [0.15, 0.2) is 35.1 Å². The number of anilines is 1. The van der Waals surface area contributed by atoms with Gasteiger partial charge in [0.05, 0.1) is 31.4 Å². The van der Waals surface area contributed by atoms with Crippen molar-refractivity contribution in [2.24, 2.45) is 0 Å². The Morgan fingerprint density at radius 2 is 2.03 bits per heavy atom. The Balaban J connectivity index is 1.50. The molecule has 0 amide bonds. The van der Waals surface area contributed by atoms with Gasteiger partial charge < -0.3 is 19.2 Å². The number of nitrogens with zero attached hydrogens (tertiary/aromatic N) is 5. The first-order chi connectivity index (χ1) is 16.9. The summed E-state index contributed by atoms with van der Waals surface area (Å²) in [6, 6.07) is 5.56. The quantitative estimate of drug-likeness (QED) is 0.348. The summed E-state index contributed by atoms with van der Waals surface area (Å²) in [7, 11) is 0.0812. The third-order valence-corrected chi connectivity index (χ3v) is 8.23. The highest BCUT2D eigenvalue weighted by atomic mass is 32.2. The summed E-state index contributed by atoms with van der Waals surface area (Å²) in [5.41, 5.74) is 2.69. The van der Waals surface area contributed by atoms with Crippen molar-refractivity contribution >= 4 is 21.4 Å². The SMILES string of the molecule is COc1ccc(CNc2nc(-c3ncco3)c(C)c3nc(CCS(=O)(=O)C4CC4)nn23)c(OC)c1. The van der Waals surface area contributed by atoms with Gasteiger partial charge in [0.1, 0.15) is 23.5 Å². The summed E-state index contributed by atoms with van der Waals surface area (Å²) >= 11 is 0. The summed E-state index contributed by atoms with van der Waals surface area (Å²) in [5, 5.41) is 7.66. The van der Waals surface area contributed by atoms with E-state index in [2.05, 4.69) is 20.4 Å². The van der Waals surface area contributed by atoms with Crippen molar-refractivity contribution in [3.05, 3.63) is 47.6 Å². The number of methoxy groups -OCH3 is 2. The maximum absolute atomic E-state index is 12.4. The van der Waals surface area contributed by atoms with Gasteiger partial charge in [-0.1, -0.05) is 0 Å². The standard InChI is InChI=1S/C23H26N6O5S/c1-14-20(22-24-9-10-34-22)27-23(25-13-15-4-5-16(32-2)12-18(15)33-3)29-21(14)26-19(28-29)8-11-35(30,31)17-6-7-17/h4-5,9-10,12,17H,6-8,11,13H2,1-3H3,(H,25,27). The second-order valence-electron chi connectivity index (χ2n) is 8.36. The van der Waals surface area contributed by atoms with E-state index in [0.29, 0.717) is 47.0 Å². The van der Waals surface area contributed by atoms with Gasteiger partial charge in [0, 0.05) is 30.2 Å². The molecule has 0 radical (unpaired) electrons. The predicted molar refractivity (Wildman–Crippen MR) is 128 cm³/mol. The minimum Gasteiger partial charge on any atom is -0.497 e. The lowest BCUT2D eigenvalue weighted by Gasteiger charge is -2.13.